The minimum Gasteiger partial charge on any atom is -0.331 e. The molecular formula is C11H13N3OS. The van der Waals surface area contributed by atoms with Crippen LogP contribution in [0.25, 0.3) is 10.2 Å². The Morgan fingerprint density at radius 3 is 2.88 bits per heavy atom. The Balaban J connectivity index is 2.29. The van der Waals surface area contributed by atoms with Crippen molar-refractivity contribution in [3.05, 3.63) is 23.2 Å². The number of nitrogens with one attached hydrogen (secondary N) is 1. The van der Waals surface area contributed by atoms with Gasteiger partial charge in [-0.2, -0.15) is 0 Å². The van der Waals surface area contributed by atoms with E-state index in [1.165, 1.54) is 4.90 Å². The maximum atomic E-state index is 11.5. The van der Waals surface area contributed by atoms with E-state index in [2.05, 4.69) is 10.3 Å². The van der Waals surface area contributed by atoms with Gasteiger partial charge in [0.15, 0.2) is 0 Å². The number of fused-ring (bicyclic) bond motifs is 1. The first-order valence-corrected chi connectivity index (χ1v) is 5.73. The molecule has 2 rings (SSSR count). The smallest absolute Gasteiger partial charge is 0.321 e. The van der Waals surface area contributed by atoms with Gasteiger partial charge < -0.3 is 10.2 Å². The van der Waals surface area contributed by atoms with Gasteiger partial charge in [-0.25, -0.2) is 9.78 Å². The molecular weight excluding hydrogens is 222 g/mol. The van der Waals surface area contributed by atoms with Crippen molar-refractivity contribution in [3.63, 3.8) is 0 Å². The Morgan fingerprint density at radius 2 is 2.19 bits per heavy atom. The molecule has 1 N–H and O–H groups in total. The van der Waals surface area contributed by atoms with E-state index in [1.807, 2.05) is 25.1 Å². The first-order valence-electron chi connectivity index (χ1n) is 4.92. The second-order valence-corrected chi connectivity index (χ2v) is 4.97. The average Bonchev–Trinajstić information content (AvgIpc) is 2.57. The van der Waals surface area contributed by atoms with Crippen molar-refractivity contribution in [2.45, 2.75) is 6.92 Å². The van der Waals surface area contributed by atoms with E-state index < -0.39 is 0 Å². The van der Waals surface area contributed by atoms with Crippen LogP contribution >= 0.6 is 11.3 Å². The maximum Gasteiger partial charge on any atom is 0.321 e. The lowest BCUT2D eigenvalue weighted by Crippen LogP contribution is -2.27. The lowest BCUT2D eigenvalue weighted by atomic mass is 10.3. The van der Waals surface area contributed by atoms with Gasteiger partial charge in [0.1, 0.15) is 0 Å². The summed E-state index contributed by atoms with van der Waals surface area (Å²) >= 11 is 1.65. The fraction of sp³-hybridized carbons (Fsp3) is 0.273. The van der Waals surface area contributed by atoms with E-state index in [0.717, 1.165) is 20.9 Å². The summed E-state index contributed by atoms with van der Waals surface area (Å²) in [5.41, 5.74) is 1.70. The fourth-order valence-corrected chi connectivity index (χ4v) is 2.16. The molecule has 0 bridgehead atoms. The van der Waals surface area contributed by atoms with Gasteiger partial charge in [0.2, 0.25) is 0 Å². The summed E-state index contributed by atoms with van der Waals surface area (Å²) in [5.74, 6) is 0. The van der Waals surface area contributed by atoms with Crippen LogP contribution in [0, 0.1) is 6.92 Å². The van der Waals surface area contributed by atoms with E-state index in [1.54, 1.807) is 25.4 Å². The summed E-state index contributed by atoms with van der Waals surface area (Å²) in [6.07, 6.45) is 0. The largest absolute Gasteiger partial charge is 0.331 e. The average molecular weight is 235 g/mol. The van der Waals surface area contributed by atoms with Gasteiger partial charge in [-0.05, 0) is 25.1 Å². The number of nitrogens with zero attached hydrogens (tertiary/aromatic N) is 2. The van der Waals surface area contributed by atoms with Crippen LogP contribution in [0.4, 0.5) is 10.5 Å². The zero-order valence-electron chi connectivity index (χ0n) is 9.44. The second-order valence-electron chi connectivity index (χ2n) is 3.74. The monoisotopic (exact) mass is 235 g/mol. The number of hydrogen-bond acceptors (Lipinski definition) is 3. The molecule has 4 nitrogen and oxygen atoms in total. The standard InChI is InChI=1S/C11H13N3OS/c1-7-12-9-6-8(4-5-10(9)16-7)13-11(15)14(2)3/h4-6H,1-3H3,(H,13,15). The minimum atomic E-state index is -0.133. The highest BCUT2D eigenvalue weighted by molar-refractivity contribution is 7.18. The maximum absolute atomic E-state index is 11.5. The topological polar surface area (TPSA) is 45.2 Å². The molecule has 0 aliphatic carbocycles. The highest BCUT2D eigenvalue weighted by atomic mass is 32.1. The number of rotatable bonds is 1. The lowest BCUT2D eigenvalue weighted by molar-refractivity contribution is 0.230. The van der Waals surface area contributed by atoms with Crippen LogP contribution < -0.4 is 5.32 Å². The van der Waals surface area contributed by atoms with Crippen molar-refractivity contribution >= 4 is 33.3 Å². The van der Waals surface area contributed by atoms with Crippen molar-refractivity contribution in [1.82, 2.24) is 9.88 Å². The van der Waals surface area contributed by atoms with Crippen molar-refractivity contribution in [2.75, 3.05) is 19.4 Å². The molecule has 1 heterocycles. The number of benzene rings is 1. The van der Waals surface area contributed by atoms with Crippen LogP contribution in [-0.4, -0.2) is 30.0 Å². The van der Waals surface area contributed by atoms with Crippen molar-refractivity contribution in [2.24, 2.45) is 0 Å². The Labute approximate surface area is 97.9 Å². The van der Waals surface area contributed by atoms with Crippen molar-refractivity contribution in [1.29, 1.82) is 0 Å². The van der Waals surface area contributed by atoms with E-state index in [0.29, 0.717) is 0 Å². The van der Waals surface area contributed by atoms with Crippen LogP contribution in [0.1, 0.15) is 5.01 Å². The Kier molecular flexibility index (Phi) is 2.78. The number of urea groups is 1. The number of thiazole rings is 1. The van der Waals surface area contributed by atoms with Crippen molar-refractivity contribution in [3.8, 4) is 0 Å². The predicted molar refractivity (Wildman–Crippen MR) is 67.1 cm³/mol. The lowest BCUT2D eigenvalue weighted by Gasteiger charge is -2.11. The van der Waals surface area contributed by atoms with Gasteiger partial charge in [0, 0.05) is 19.8 Å². The van der Waals surface area contributed by atoms with Gasteiger partial charge in [-0.3, -0.25) is 0 Å². The number of anilines is 1. The van der Waals surface area contributed by atoms with Gasteiger partial charge in [-0.1, -0.05) is 0 Å². The molecule has 0 atom stereocenters. The molecule has 0 saturated heterocycles. The third-order valence-corrected chi connectivity index (χ3v) is 3.10. The van der Waals surface area contributed by atoms with Crippen LogP contribution in [0.2, 0.25) is 0 Å². The third-order valence-electron chi connectivity index (χ3n) is 2.15. The summed E-state index contributed by atoms with van der Waals surface area (Å²) < 4.78 is 1.14. The van der Waals surface area contributed by atoms with Crippen LogP contribution in [-0.2, 0) is 0 Å². The molecule has 0 unspecified atom stereocenters. The van der Waals surface area contributed by atoms with Gasteiger partial charge >= 0.3 is 6.03 Å². The summed E-state index contributed by atoms with van der Waals surface area (Å²) in [6.45, 7) is 1.97. The molecule has 0 saturated carbocycles. The molecule has 84 valence electrons. The molecule has 0 fully saturated rings. The minimum absolute atomic E-state index is 0.133. The molecule has 5 heteroatoms. The Hall–Kier alpha value is -1.62. The summed E-state index contributed by atoms with van der Waals surface area (Å²) in [7, 11) is 3.42. The summed E-state index contributed by atoms with van der Waals surface area (Å²) in [6, 6.07) is 5.62. The normalized spacial score (nSPS) is 10.4. The number of aryl methyl sites for hydroxylation is 1. The van der Waals surface area contributed by atoms with Gasteiger partial charge in [-0.15, -0.1) is 11.3 Å². The predicted octanol–water partition coefficient (Wildman–Crippen LogP) is 2.70. The Morgan fingerprint density at radius 1 is 1.44 bits per heavy atom. The molecule has 16 heavy (non-hydrogen) atoms. The number of amides is 2. The third kappa shape index (κ3) is 2.14. The molecule has 0 aliphatic heterocycles. The van der Waals surface area contributed by atoms with Gasteiger partial charge in [0.25, 0.3) is 0 Å². The molecule has 0 radical (unpaired) electrons. The number of hydrogen-bond donors (Lipinski definition) is 1. The number of aromatic nitrogens is 1. The first kappa shape index (κ1) is 10.9. The highest BCUT2D eigenvalue weighted by Crippen LogP contribution is 2.24. The quantitative estimate of drug-likeness (QED) is 0.826. The molecule has 1 aromatic carbocycles. The zero-order valence-corrected chi connectivity index (χ0v) is 10.3. The highest BCUT2D eigenvalue weighted by Gasteiger charge is 2.06. The zero-order chi connectivity index (χ0) is 11.7. The molecule has 2 amide bonds. The van der Waals surface area contributed by atoms with E-state index in [9.17, 15) is 4.79 Å². The first-order chi connectivity index (χ1) is 7.56. The molecule has 2 aromatic rings. The van der Waals surface area contributed by atoms with Crippen LogP contribution in [0.5, 0.6) is 0 Å². The molecule has 0 spiro atoms. The van der Waals surface area contributed by atoms with E-state index in [-0.39, 0.29) is 6.03 Å². The fourth-order valence-electron chi connectivity index (χ4n) is 1.36. The Bertz CT molecular complexity index is 533. The second kappa shape index (κ2) is 4.09. The summed E-state index contributed by atoms with van der Waals surface area (Å²) in [4.78, 5) is 17.3. The number of carbonyl (C=O) groups excluding carboxylic acids is 1. The van der Waals surface area contributed by atoms with E-state index >= 15 is 0 Å². The molecule has 0 aliphatic rings. The summed E-state index contributed by atoms with van der Waals surface area (Å²) in [5, 5.41) is 3.83. The molecule has 1 aromatic heterocycles. The van der Waals surface area contributed by atoms with E-state index in [4.69, 9.17) is 0 Å². The van der Waals surface area contributed by atoms with Crippen molar-refractivity contribution < 1.29 is 4.79 Å². The number of carbonyl (C=O) groups is 1. The van der Waals surface area contributed by atoms with Crippen LogP contribution in [0.3, 0.4) is 0 Å². The van der Waals surface area contributed by atoms with Gasteiger partial charge in [0.05, 0.1) is 15.2 Å². The van der Waals surface area contributed by atoms with Crippen LogP contribution in [0.15, 0.2) is 18.2 Å². The SMILES string of the molecule is Cc1nc2cc(NC(=O)N(C)C)ccc2s1.